The molecule has 0 saturated heterocycles. The zero-order valence-corrected chi connectivity index (χ0v) is 14.2. The number of nitrogens with zero attached hydrogens (tertiary/aromatic N) is 4. The lowest BCUT2D eigenvalue weighted by atomic mass is 10.3. The Bertz CT molecular complexity index is 562. The van der Waals surface area contributed by atoms with E-state index in [4.69, 9.17) is 4.74 Å². The van der Waals surface area contributed by atoms with Gasteiger partial charge in [-0.1, -0.05) is 20.3 Å². The normalized spacial score (nSPS) is 11.6. The van der Waals surface area contributed by atoms with Crippen LogP contribution in [0.5, 0.6) is 0 Å². The minimum Gasteiger partial charge on any atom is -0.383 e. The summed E-state index contributed by atoms with van der Waals surface area (Å²) in [6, 6.07) is -0.393. The fraction of sp³-hybridized carbons (Fsp3) is 0.769. The minimum atomic E-state index is -3.52. The molecule has 0 aliphatic rings. The largest absolute Gasteiger partial charge is 0.383 e. The van der Waals surface area contributed by atoms with Crippen molar-refractivity contribution in [1.29, 1.82) is 0 Å². The third kappa shape index (κ3) is 5.06. The molecule has 8 nitrogen and oxygen atoms in total. The highest BCUT2D eigenvalue weighted by Gasteiger charge is 2.22. The number of hydrogen-bond acceptors (Lipinski definition) is 6. The molecule has 126 valence electrons. The number of unbranched alkanes of at least 4 members (excludes halogenated alkanes) is 1. The number of methoxy groups -OCH3 is 1. The second-order valence-electron chi connectivity index (χ2n) is 4.91. The quantitative estimate of drug-likeness (QED) is 0.674. The maximum atomic E-state index is 12.4. The lowest BCUT2D eigenvalue weighted by molar-refractivity contribution is 0.147. The number of carbonyl (C=O) groups is 1. The van der Waals surface area contributed by atoms with Gasteiger partial charge in [0.25, 0.3) is 5.16 Å². The fourth-order valence-electron chi connectivity index (χ4n) is 1.84. The number of aromatic nitrogens is 3. The predicted octanol–water partition coefficient (Wildman–Crippen LogP) is 1.18. The fourth-order valence-corrected chi connectivity index (χ4v) is 2.98. The van der Waals surface area contributed by atoms with Gasteiger partial charge < -0.3 is 9.64 Å². The minimum absolute atomic E-state index is 0.0333. The van der Waals surface area contributed by atoms with Gasteiger partial charge in [-0.25, -0.2) is 18.2 Å². The summed E-state index contributed by atoms with van der Waals surface area (Å²) in [7, 11) is -1.96. The van der Waals surface area contributed by atoms with Gasteiger partial charge in [-0.3, -0.25) is 0 Å². The molecule has 1 rings (SSSR count). The predicted molar refractivity (Wildman–Crippen MR) is 81.5 cm³/mol. The van der Waals surface area contributed by atoms with Crippen molar-refractivity contribution in [3.05, 3.63) is 6.33 Å². The molecule has 0 atom stereocenters. The van der Waals surface area contributed by atoms with Crippen LogP contribution in [0, 0.1) is 0 Å². The van der Waals surface area contributed by atoms with E-state index in [1.807, 2.05) is 6.92 Å². The molecule has 0 aromatic carbocycles. The van der Waals surface area contributed by atoms with Crippen LogP contribution in [-0.4, -0.2) is 66.7 Å². The molecule has 0 bridgehead atoms. The van der Waals surface area contributed by atoms with E-state index in [0.29, 0.717) is 26.1 Å². The van der Waals surface area contributed by atoms with E-state index in [1.54, 1.807) is 18.9 Å². The molecule has 0 unspecified atom stereocenters. The lowest BCUT2D eigenvalue weighted by Crippen LogP contribution is -2.38. The number of ether oxygens (including phenoxy) is 1. The van der Waals surface area contributed by atoms with Crippen molar-refractivity contribution in [3.8, 4) is 0 Å². The van der Waals surface area contributed by atoms with E-state index >= 15 is 0 Å². The van der Waals surface area contributed by atoms with Crippen molar-refractivity contribution in [2.24, 2.45) is 0 Å². The maximum absolute atomic E-state index is 12.4. The van der Waals surface area contributed by atoms with E-state index in [2.05, 4.69) is 10.1 Å². The number of rotatable bonds is 9. The third-order valence-electron chi connectivity index (χ3n) is 3.04. The molecule has 0 saturated carbocycles. The summed E-state index contributed by atoms with van der Waals surface area (Å²) in [5.41, 5.74) is 0. The smallest absolute Gasteiger partial charge is 0.346 e. The number of sulfone groups is 1. The SMILES string of the molecule is CCCCN(CCOC)C(=O)n1cnc(S(=O)(=O)CCC)n1. The van der Waals surface area contributed by atoms with Gasteiger partial charge in [-0.05, 0) is 12.8 Å². The van der Waals surface area contributed by atoms with E-state index < -0.39 is 15.9 Å². The first-order chi connectivity index (χ1) is 10.5. The van der Waals surface area contributed by atoms with Crippen LogP contribution < -0.4 is 0 Å². The monoisotopic (exact) mass is 332 g/mol. The van der Waals surface area contributed by atoms with Crippen LogP contribution in [0.1, 0.15) is 33.1 Å². The summed E-state index contributed by atoms with van der Waals surface area (Å²) in [6.07, 6.45) is 3.42. The van der Waals surface area contributed by atoms with Gasteiger partial charge in [0.15, 0.2) is 0 Å². The van der Waals surface area contributed by atoms with Crippen molar-refractivity contribution < 1.29 is 17.9 Å². The van der Waals surface area contributed by atoms with Crippen molar-refractivity contribution in [1.82, 2.24) is 19.7 Å². The average molecular weight is 332 g/mol. The van der Waals surface area contributed by atoms with Crippen LogP contribution in [0.3, 0.4) is 0 Å². The molecule has 1 amide bonds. The summed E-state index contributed by atoms with van der Waals surface area (Å²) in [6.45, 7) is 5.19. The second-order valence-corrected chi connectivity index (χ2v) is 6.91. The Labute approximate surface area is 131 Å². The van der Waals surface area contributed by atoms with Crippen LogP contribution in [0.2, 0.25) is 0 Å². The average Bonchev–Trinajstić information content (AvgIpc) is 2.97. The van der Waals surface area contributed by atoms with Gasteiger partial charge in [-0.2, -0.15) is 4.68 Å². The molecule has 0 aliphatic heterocycles. The van der Waals surface area contributed by atoms with Crippen LogP contribution in [-0.2, 0) is 14.6 Å². The Balaban J connectivity index is 2.88. The topological polar surface area (TPSA) is 94.4 Å². The van der Waals surface area contributed by atoms with Gasteiger partial charge >= 0.3 is 6.03 Å². The Morgan fingerprint density at radius 3 is 2.64 bits per heavy atom. The van der Waals surface area contributed by atoms with Crippen molar-refractivity contribution in [3.63, 3.8) is 0 Å². The van der Waals surface area contributed by atoms with E-state index in [1.165, 1.54) is 0 Å². The molecule has 9 heteroatoms. The van der Waals surface area contributed by atoms with Crippen LogP contribution in [0.25, 0.3) is 0 Å². The van der Waals surface area contributed by atoms with Gasteiger partial charge in [0, 0.05) is 20.2 Å². The molecular formula is C13H24N4O4S. The molecule has 1 heterocycles. The van der Waals surface area contributed by atoms with Gasteiger partial charge in [0.05, 0.1) is 12.4 Å². The third-order valence-corrected chi connectivity index (χ3v) is 4.72. The van der Waals surface area contributed by atoms with Crippen LogP contribution in [0.4, 0.5) is 4.79 Å². The van der Waals surface area contributed by atoms with Crippen LogP contribution in [0.15, 0.2) is 11.5 Å². The molecule has 0 spiro atoms. The van der Waals surface area contributed by atoms with Crippen LogP contribution >= 0.6 is 0 Å². The van der Waals surface area contributed by atoms with E-state index in [-0.39, 0.29) is 10.9 Å². The summed E-state index contributed by atoms with van der Waals surface area (Å²) in [5.74, 6) is -0.0333. The molecule has 22 heavy (non-hydrogen) atoms. The number of carbonyl (C=O) groups excluding carboxylic acids is 1. The zero-order chi connectivity index (χ0) is 16.6. The summed E-state index contributed by atoms with van der Waals surface area (Å²) < 4.78 is 29.8. The highest BCUT2D eigenvalue weighted by atomic mass is 32.2. The molecule has 0 radical (unpaired) electrons. The molecule has 0 aliphatic carbocycles. The molecule has 1 aromatic rings. The first kappa shape index (κ1) is 18.6. The zero-order valence-electron chi connectivity index (χ0n) is 13.4. The highest BCUT2D eigenvalue weighted by molar-refractivity contribution is 7.91. The van der Waals surface area contributed by atoms with Crippen molar-refractivity contribution >= 4 is 15.9 Å². The Morgan fingerprint density at radius 1 is 1.32 bits per heavy atom. The Hall–Kier alpha value is -1.48. The Morgan fingerprint density at radius 2 is 2.05 bits per heavy atom. The van der Waals surface area contributed by atoms with Gasteiger partial charge in [0.2, 0.25) is 9.84 Å². The summed E-state index contributed by atoms with van der Waals surface area (Å²) in [4.78, 5) is 17.7. The standard InChI is InChI=1S/C13H24N4O4S/c1-4-6-7-16(8-9-21-3)13(18)17-11-14-12(15-17)22(19,20)10-5-2/h11H,4-10H2,1-3H3. The Kier molecular flexibility index (Phi) is 7.46. The van der Waals surface area contributed by atoms with E-state index in [0.717, 1.165) is 23.9 Å². The highest BCUT2D eigenvalue weighted by Crippen LogP contribution is 2.07. The first-order valence-electron chi connectivity index (χ1n) is 7.38. The van der Waals surface area contributed by atoms with Crippen molar-refractivity contribution in [2.75, 3.05) is 32.6 Å². The maximum Gasteiger partial charge on any atom is 0.346 e. The number of hydrogen-bond donors (Lipinski definition) is 0. The second kappa shape index (κ2) is 8.84. The summed E-state index contributed by atoms with van der Waals surface area (Å²) in [5, 5.41) is 3.52. The van der Waals surface area contributed by atoms with Gasteiger partial charge in [-0.15, -0.1) is 5.10 Å². The molecule has 0 N–H and O–H groups in total. The number of amides is 1. The molecular weight excluding hydrogens is 308 g/mol. The van der Waals surface area contributed by atoms with E-state index in [9.17, 15) is 13.2 Å². The van der Waals surface area contributed by atoms with Gasteiger partial charge in [0.1, 0.15) is 6.33 Å². The molecule has 0 fully saturated rings. The van der Waals surface area contributed by atoms with Crippen molar-refractivity contribution in [2.45, 2.75) is 38.3 Å². The lowest BCUT2D eigenvalue weighted by Gasteiger charge is -2.21. The first-order valence-corrected chi connectivity index (χ1v) is 9.04. The summed E-state index contributed by atoms with van der Waals surface area (Å²) >= 11 is 0. The molecule has 1 aromatic heterocycles.